The zero-order chi connectivity index (χ0) is 13.8. The van der Waals surface area contributed by atoms with Crippen LogP contribution in [0.15, 0.2) is 46.9 Å². The molecule has 2 rings (SSSR count). The lowest BCUT2D eigenvalue weighted by molar-refractivity contribution is 0.102. The number of hydrogen-bond donors (Lipinski definition) is 1. The van der Waals surface area contributed by atoms with Gasteiger partial charge in [0.1, 0.15) is 0 Å². The van der Waals surface area contributed by atoms with Crippen molar-refractivity contribution in [3.05, 3.63) is 63.6 Å². The zero-order valence-corrected chi connectivity index (χ0v) is 12.6. The van der Waals surface area contributed by atoms with Crippen molar-refractivity contribution in [2.24, 2.45) is 0 Å². The zero-order valence-electron chi connectivity index (χ0n) is 11.0. The molecule has 0 aliphatic rings. The molecule has 0 spiro atoms. The van der Waals surface area contributed by atoms with Crippen molar-refractivity contribution in [2.75, 3.05) is 5.32 Å². The third-order valence-electron chi connectivity index (χ3n) is 3.08. The lowest BCUT2D eigenvalue weighted by Gasteiger charge is -2.11. The number of nitrogens with one attached hydrogen (secondary N) is 1. The van der Waals surface area contributed by atoms with Crippen molar-refractivity contribution < 1.29 is 4.79 Å². The van der Waals surface area contributed by atoms with Gasteiger partial charge in [-0.15, -0.1) is 0 Å². The molecule has 0 saturated carbocycles. The number of halogens is 1. The molecule has 0 bridgehead atoms. The summed E-state index contributed by atoms with van der Waals surface area (Å²) in [6.45, 7) is 4.05. The summed E-state index contributed by atoms with van der Waals surface area (Å²) in [5, 5.41) is 2.98. The van der Waals surface area contributed by atoms with E-state index in [1.54, 1.807) is 0 Å². The number of anilines is 1. The predicted molar refractivity (Wildman–Crippen MR) is 82.7 cm³/mol. The van der Waals surface area contributed by atoms with E-state index in [1.165, 1.54) is 0 Å². The standard InChI is InChI=1S/C16H16BrNO/c1-3-12-8-4-5-10-14(12)18-16(19)13-9-6-7-11(2)15(13)17/h4-10H,3H2,1-2H3,(H,18,19). The second-order valence-electron chi connectivity index (χ2n) is 4.40. The highest BCUT2D eigenvalue weighted by Crippen LogP contribution is 2.23. The number of hydrogen-bond acceptors (Lipinski definition) is 1. The number of para-hydroxylation sites is 1. The summed E-state index contributed by atoms with van der Waals surface area (Å²) in [7, 11) is 0. The summed E-state index contributed by atoms with van der Waals surface area (Å²) in [4.78, 5) is 12.3. The lowest BCUT2D eigenvalue weighted by atomic mass is 10.1. The van der Waals surface area contributed by atoms with Gasteiger partial charge in [-0.2, -0.15) is 0 Å². The first kappa shape index (κ1) is 13.8. The highest BCUT2D eigenvalue weighted by atomic mass is 79.9. The van der Waals surface area contributed by atoms with Crippen LogP contribution in [0.3, 0.4) is 0 Å². The average molecular weight is 318 g/mol. The summed E-state index contributed by atoms with van der Waals surface area (Å²) in [5.74, 6) is -0.0866. The Morgan fingerprint density at radius 2 is 1.89 bits per heavy atom. The maximum atomic E-state index is 12.3. The van der Waals surface area contributed by atoms with Gasteiger partial charge in [0.15, 0.2) is 0 Å². The van der Waals surface area contributed by atoms with Gasteiger partial charge in [0.2, 0.25) is 0 Å². The van der Waals surface area contributed by atoms with Gasteiger partial charge in [0.05, 0.1) is 5.56 Å². The van der Waals surface area contributed by atoms with Crippen LogP contribution in [0.2, 0.25) is 0 Å². The minimum Gasteiger partial charge on any atom is -0.322 e. The minimum absolute atomic E-state index is 0.0866. The molecule has 0 unspecified atom stereocenters. The van der Waals surface area contributed by atoms with Gasteiger partial charge < -0.3 is 5.32 Å². The summed E-state index contributed by atoms with van der Waals surface area (Å²) < 4.78 is 0.849. The average Bonchev–Trinajstić information content (AvgIpc) is 2.42. The Balaban J connectivity index is 2.28. The Labute approximate surface area is 122 Å². The summed E-state index contributed by atoms with van der Waals surface area (Å²) >= 11 is 3.47. The summed E-state index contributed by atoms with van der Waals surface area (Å²) in [5.41, 5.74) is 3.73. The first-order valence-electron chi connectivity index (χ1n) is 6.28. The molecular formula is C16H16BrNO. The molecule has 1 amide bonds. The quantitative estimate of drug-likeness (QED) is 0.882. The van der Waals surface area contributed by atoms with Crippen LogP contribution in [0.1, 0.15) is 28.4 Å². The maximum absolute atomic E-state index is 12.3. The van der Waals surface area contributed by atoms with E-state index in [4.69, 9.17) is 0 Å². The number of aryl methyl sites for hydroxylation is 2. The molecule has 2 aromatic rings. The van der Waals surface area contributed by atoms with Crippen molar-refractivity contribution in [3.63, 3.8) is 0 Å². The van der Waals surface area contributed by atoms with E-state index in [2.05, 4.69) is 28.2 Å². The van der Waals surface area contributed by atoms with Crippen LogP contribution in [0.5, 0.6) is 0 Å². The number of amides is 1. The number of carbonyl (C=O) groups excluding carboxylic acids is 1. The van der Waals surface area contributed by atoms with Crippen molar-refractivity contribution in [1.29, 1.82) is 0 Å². The van der Waals surface area contributed by atoms with Gasteiger partial charge in [0, 0.05) is 10.2 Å². The van der Waals surface area contributed by atoms with Gasteiger partial charge >= 0.3 is 0 Å². The van der Waals surface area contributed by atoms with E-state index in [-0.39, 0.29) is 5.91 Å². The van der Waals surface area contributed by atoms with Gasteiger partial charge in [-0.25, -0.2) is 0 Å². The second-order valence-corrected chi connectivity index (χ2v) is 5.19. The molecule has 0 aliphatic carbocycles. The SMILES string of the molecule is CCc1ccccc1NC(=O)c1cccc(C)c1Br. The van der Waals surface area contributed by atoms with Gasteiger partial charge in [-0.3, -0.25) is 4.79 Å². The molecule has 0 fully saturated rings. The van der Waals surface area contributed by atoms with E-state index < -0.39 is 0 Å². The number of carbonyl (C=O) groups is 1. The molecule has 0 heterocycles. The van der Waals surface area contributed by atoms with Gasteiger partial charge in [-0.1, -0.05) is 37.3 Å². The third-order valence-corrected chi connectivity index (χ3v) is 4.14. The van der Waals surface area contributed by atoms with Crippen LogP contribution in [0, 0.1) is 6.92 Å². The second kappa shape index (κ2) is 6.02. The Morgan fingerprint density at radius 1 is 1.16 bits per heavy atom. The number of rotatable bonds is 3. The highest BCUT2D eigenvalue weighted by Gasteiger charge is 2.12. The van der Waals surface area contributed by atoms with Crippen molar-refractivity contribution in [2.45, 2.75) is 20.3 Å². The molecule has 19 heavy (non-hydrogen) atoms. The molecule has 0 aromatic heterocycles. The molecule has 2 nitrogen and oxygen atoms in total. The first-order chi connectivity index (χ1) is 9.13. The molecule has 0 radical (unpaired) electrons. The van der Waals surface area contributed by atoms with Gasteiger partial charge in [0.25, 0.3) is 5.91 Å². The van der Waals surface area contributed by atoms with Crippen LogP contribution in [0.4, 0.5) is 5.69 Å². The third kappa shape index (κ3) is 3.04. The van der Waals surface area contributed by atoms with Gasteiger partial charge in [-0.05, 0) is 52.5 Å². The largest absolute Gasteiger partial charge is 0.322 e. The smallest absolute Gasteiger partial charge is 0.256 e. The monoisotopic (exact) mass is 317 g/mol. The van der Waals surface area contributed by atoms with E-state index in [9.17, 15) is 4.79 Å². The molecule has 3 heteroatoms. The molecule has 98 valence electrons. The topological polar surface area (TPSA) is 29.1 Å². The molecule has 2 aromatic carbocycles. The Morgan fingerprint density at radius 3 is 2.63 bits per heavy atom. The van der Waals surface area contributed by atoms with E-state index >= 15 is 0 Å². The van der Waals surface area contributed by atoms with Crippen LogP contribution < -0.4 is 5.32 Å². The molecule has 0 saturated heterocycles. The lowest BCUT2D eigenvalue weighted by Crippen LogP contribution is -2.14. The van der Waals surface area contributed by atoms with E-state index in [0.29, 0.717) is 5.56 Å². The van der Waals surface area contributed by atoms with Crippen LogP contribution in [-0.2, 0) is 6.42 Å². The van der Waals surface area contributed by atoms with Crippen LogP contribution in [0.25, 0.3) is 0 Å². The summed E-state index contributed by atoms with van der Waals surface area (Å²) in [6.07, 6.45) is 0.894. The fourth-order valence-electron chi connectivity index (χ4n) is 1.96. The van der Waals surface area contributed by atoms with Crippen molar-refractivity contribution in [1.82, 2.24) is 0 Å². The van der Waals surface area contributed by atoms with E-state index in [0.717, 1.165) is 27.7 Å². The maximum Gasteiger partial charge on any atom is 0.256 e. The highest BCUT2D eigenvalue weighted by molar-refractivity contribution is 9.10. The minimum atomic E-state index is -0.0866. The normalized spacial score (nSPS) is 10.3. The number of benzene rings is 2. The Kier molecular flexibility index (Phi) is 4.38. The Hall–Kier alpha value is -1.61. The van der Waals surface area contributed by atoms with E-state index in [1.807, 2.05) is 49.4 Å². The predicted octanol–water partition coefficient (Wildman–Crippen LogP) is 4.57. The van der Waals surface area contributed by atoms with Crippen LogP contribution in [-0.4, -0.2) is 5.91 Å². The Bertz CT molecular complexity index is 607. The molecule has 1 N–H and O–H groups in total. The van der Waals surface area contributed by atoms with Crippen LogP contribution >= 0.6 is 15.9 Å². The molecule has 0 aliphatic heterocycles. The van der Waals surface area contributed by atoms with Crippen molar-refractivity contribution in [3.8, 4) is 0 Å². The fraction of sp³-hybridized carbons (Fsp3) is 0.188. The first-order valence-corrected chi connectivity index (χ1v) is 7.07. The molecular weight excluding hydrogens is 302 g/mol. The molecule has 0 atom stereocenters. The fourth-order valence-corrected chi connectivity index (χ4v) is 2.41. The van der Waals surface area contributed by atoms with Crippen molar-refractivity contribution >= 4 is 27.5 Å². The summed E-state index contributed by atoms with van der Waals surface area (Å²) in [6, 6.07) is 13.6.